The number of nitrogens with one attached hydrogen (secondary N) is 2. The first-order chi connectivity index (χ1) is 18.6. The number of alkyl halides is 5. The van der Waals surface area contributed by atoms with E-state index in [1.807, 2.05) is 0 Å². The van der Waals surface area contributed by atoms with E-state index in [0.29, 0.717) is 24.9 Å². The molecular weight excluding hydrogens is 561 g/mol. The third-order valence-corrected chi connectivity index (χ3v) is 7.67. The fraction of sp³-hybridized carbons (Fsp3) is 0.640. The van der Waals surface area contributed by atoms with Crippen molar-refractivity contribution in [3.63, 3.8) is 0 Å². The van der Waals surface area contributed by atoms with Crippen molar-refractivity contribution in [1.82, 2.24) is 24.8 Å². The van der Waals surface area contributed by atoms with E-state index in [4.69, 9.17) is 0 Å². The van der Waals surface area contributed by atoms with Gasteiger partial charge in [-0.3, -0.25) is 18.7 Å². The first-order valence-corrected chi connectivity index (χ1v) is 13.9. The Labute approximate surface area is 231 Å². The van der Waals surface area contributed by atoms with Gasteiger partial charge in [0.15, 0.2) is 5.69 Å². The van der Waals surface area contributed by atoms with E-state index in [-0.39, 0.29) is 46.9 Å². The van der Waals surface area contributed by atoms with Crippen LogP contribution in [0.2, 0.25) is 0 Å². The molecule has 1 aliphatic rings. The maximum atomic E-state index is 13.4. The first-order valence-electron chi connectivity index (χ1n) is 12.8. The van der Waals surface area contributed by atoms with E-state index in [2.05, 4.69) is 24.9 Å². The smallest absolute Gasteiger partial charge is 0.394 e. The summed E-state index contributed by atoms with van der Waals surface area (Å²) in [4.78, 5) is 17.1. The minimum Gasteiger partial charge on any atom is -0.760 e. The van der Waals surface area contributed by atoms with Gasteiger partial charge in [-0.05, 0) is 45.4 Å². The summed E-state index contributed by atoms with van der Waals surface area (Å²) in [7, 11) is 0. The Morgan fingerprint density at radius 2 is 1.90 bits per heavy atom. The molecule has 2 aromatic rings. The van der Waals surface area contributed by atoms with Gasteiger partial charge >= 0.3 is 12.8 Å². The summed E-state index contributed by atoms with van der Waals surface area (Å²) in [5.74, 6) is -0.689. The van der Waals surface area contributed by atoms with Crippen LogP contribution in [0.4, 0.5) is 22.0 Å². The number of carbonyl (C=O) groups is 1. The zero-order valence-corrected chi connectivity index (χ0v) is 23.4. The van der Waals surface area contributed by atoms with Crippen LogP contribution in [-0.2, 0) is 24.2 Å². The highest BCUT2D eigenvalue weighted by Crippen LogP contribution is 2.41. The molecule has 0 bridgehead atoms. The monoisotopic (exact) mass is 594 g/mol. The number of nitrogens with zero attached hydrogens (tertiary/aromatic N) is 3. The Balaban J connectivity index is 1.83. The van der Waals surface area contributed by atoms with Crippen LogP contribution in [0.25, 0.3) is 11.3 Å². The lowest BCUT2D eigenvalue weighted by molar-refractivity contribution is -0.211. The molecule has 2 N–H and O–H groups in total. The van der Waals surface area contributed by atoms with Gasteiger partial charge in [0, 0.05) is 60.3 Å². The lowest BCUT2D eigenvalue weighted by Gasteiger charge is -2.29. The maximum Gasteiger partial charge on any atom is 0.394 e. The highest BCUT2D eigenvalue weighted by Gasteiger charge is 2.47. The van der Waals surface area contributed by atoms with E-state index in [1.165, 1.54) is 10.9 Å². The van der Waals surface area contributed by atoms with Crippen LogP contribution in [0, 0.1) is 18.3 Å². The van der Waals surface area contributed by atoms with E-state index in [1.54, 1.807) is 13.8 Å². The number of pyridine rings is 1. The molecule has 2 aromatic heterocycles. The van der Waals surface area contributed by atoms with Gasteiger partial charge in [0.1, 0.15) is 5.75 Å². The van der Waals surface area contributed by atoms with Crippen LogP contribution in [0.1, 0.15) is 68.2 Å². The van der Waals surface area contributed by atoms with Crippen molar-refractivity contribution in [2.24, 2.45) is 11.3 Å². The van der Waals surface area contributed by atoms with Gasteiger partial charge < -0.3 is 14.6 Å². The minimum absolute atomic E-state index is 0.0687. The Hall–Kier alpha value is -2.65. The SMILES string of the molecule is CCn1nc(C(=O)NCC2CCC(NS(=O)[O-])CC2)c(C)c1-c1cnc(CC(C)(C)C(F)(F)F)cc1OC(F)F. The van der Waals surface area contributed by atoms with E-state index >= 15 is 0 Å². The molecule has 0 radical (unpaired) electrons. The molecule has 1 fully saturated rings. The molecule has 2 heterocycles. The van der Waals surface area contributed by atoms with Crippen LogP contribution < -0.4 is 14.8 Å². The highest BCUT2D eigenvalue weighted by atomic mass is 32.2. The molecule has 1 amide bonds. The average molecular weight is 595 g/mol. The molecule has 0 aliphatic heterocycles. The third kappa shape index (κ3) is 7.75. The Morgan fingerprint density at radius 1 is 1.25 bits per heavy atom. The van der Waals surface area contributed by atoms with E-state index < -0.39 is 41.8 Å². The van der Waals surface area contributed by atoms with Crippen molar-refractivity contribution >= 4 is 17.2 Å². The molecule has 3 rings (SSSR count). The van der Waals surface area contributed by atoms with E-state index in [9.17, 15) is 35.5 Å². The molecule has 0 spiro atoms. The van der Waals surface area contributed by atoms with Gasteiger partial charge in [-0.25, -0.2) is 4.72 Å². The zero-order chi connectivity index (χ0) is 29.8. The van der Waals surface area contributed by atoms with Crippen molar-refractivity contribution in [2.45, 2.75) is 85.2 Å². The molecule has 1 unspecified atom stereocenters. The number of aromatic nitrogens is 3. The van der Waals surface area contributed by atoms with Gasteiger partial charge in [-0.15, -0.1) is 0 Å². The maximum absolute atomic E-state index is 13.4. The van der Waals surface area contributed by atoms with Crippen LogP contribution in [0.3, 0.4) is 0 Å². The summed E-state index contributed by atoms with van der Waals surface area (Å²) in [5, 5.41) is 7.20. The molecule has 1 saturated carbocycles. The first kappa shape index (κ1) is 31.9. The van der Waals surface area contributed by atoms with Gasteiger partial charge in [-0.2, -0.15) is 27.1 Å². The van der Waals surface area contributed by atoms with Crippen LogP contribution in [-0.4, -0.2) is 54.8 Å². The number of amides is 1. The lowest BCUT2D eigenvalue weighted by Crippen LogP contribution is -2.37. The fourth-order valence-corrected chi connectivity index (χ4v) is 5.28. The van der Waals surface area contributed by atoms with Gasteiger partial charge in [0.05, 0.1) is 16.7 Å². The third-order valence-electron chi connectivity index (χ3n) is 7.15. The second-order valence-electron chi connectivity index (χ2n) is 10.5. The minimum atomic E-state index is -4.54. The quantitative estimate of drug-likeness (QED) is 0.288. The van der Waals surface area contributed by atoms with Gasteiger partial charge in [0.2, 0.25) is 0 Å². The molecule has 0 aromatic carbocycles. The molecular formula is C25H33F5N5O4S-. The number of ether oxygens (including phenoxy) is 1. The predicted octanol–water partition coefficient (Wildman–Crippen LogP) is 4.68. The van der Waals surface area contributed by atoms with Crippen LogP contribution >= 0.6 is 0 Å². The second kappa shape index (κ2) is 12.9. The Kier molecular flexibility index (Phi) is 10.3. The molecule has 1 aliphatic carbocycles. The predicted molar refractivity (Wildman–Crippen MR) is 136 cm³/mol. The molecule has 1 atom stereocenters. The summed E-state index contributed by atoms with van der Waals surface area (Å²) in [6.45, 7) is 2.69. The second-order valence-corrected chi connectivity index (χ2v) is 11.2. The number of hydrogen-bond acceptors (Lipinski definition) is 6. The summed E-state index contributed by atoms with van der Waals surface area (Å²) in [5.41, 5.74) is -1.43. The Bertz CT molecular complexity index is 1210. The molecule has 224 valence electrons. The lowest BCUT2D eigenvalue weighted by atomic mass is 9.86. The van der Waals surface area contributed by atoms with Crippen LogP contribution in [0.5, 0.6) is 5.75 Å². The van der Waals surface area contributed by atoms with Crippen molar-refractivity contribution in [2.75, 3.05) is 6.54 Å². The highest BCUT2D eigenvalue weighted by molar-refractivity contribution is 7.77. The van der Waals surface area contributed by atoms with Crippen molar-refractivity contribution in [1.29, 1.82) is 0 Å². The number of carbonyl (C=O) groups excluding carboxylic acids is 1. The fourth-order valence-electron chi connectivity index (χ4n) is 4.78. The van der Waals surface area contributed by atoms with Gasteiger partial charge in [0.25, 0.3) is 5.91 Å². The number of aryl methyl sites for hydroxylation is 1. The summed E-state index contributed by atoms with van der Waals surface area (Å²) in [6.07, 6.45) is -1.18. The molecule has 9 nitrogen and oxygen atoms in total. The van der Waals surface area contributed by atoms with Crippen molar-refractivity contribution in [3.05, 3.63) is 29.2 Å². The molecule has 0 saturated heterocycles. The standard InChI is InChI=1S/C25H34F5N5O4S/c1-5-35-21(18-13-31-17(10-19(18)39-23(26)27)11-24(3,4)25(28,29)30)14(2)20(33-35)22(36)32-12-15-6-8-16(9-7-15)34-40(37)38/h10,13,15-16,23,34H,5-9,11-12H2,1-4H3,(H,32,36)(H,37,38)/p-1. The van der Waals surface area contributed by atoms with Gasteiger partial charge in [-0.1, -0.05) is 13.8 Å². The topological polar surface area (TPSA) is 121 Å². The van der Waals surface area contributed by atoms with Crippen molar-refractivity contribution in [3.8, 4) is 17.0 Å². The number of hydrogen-bond donors (Lipinski definition) is 2. The average Bonchev–Trinajstić information content (AvgIpc) is 3.18. The van der Waals surface area contributed by atoms with Crippen molar-refractivity contribution < 1.29 is 40.2 Å². The zero-order valence-electron chi connectivity index (χ0n) is 22.6. The molecule has 40 heavy (non-hydrogen) atoms. The summed E-state index contributed by atoms with van der Waals surface area (Å²) >= 11 is -2.33. The normalized spacial score (nSPS) is 19.1. The van der Waals surface area contributed by atoms with Crippen LogP contribution in [0.15, 0.2) is 12.3 Å². The number of halogens is 5. The number of rotatable bonds is 11. The molecule has 15 heteroatoms. The Morgan fingerprint density at radius 3 is 2.45 bits per heavy atom. The summed E-state index contributed by atoms with van der Waals surface area (Å²) in [6, 6.07) is 0.939. The summed E-state index contributed by atoms with van der Waals surface area (Å²) < 4.78 is 97.0. The van der Waals surface area contributed by atoms with E-state index in [0.717, 1.165) is 32.8 Å². The largest absolute Gasteiger partial charge is 0.760 e.